The van der Waals surface area contributed by atoms with E-state index in [-0.39, 0.29) is 18.4 Å². The van der Waals surface area contributed by atoms with Crippen molar-refractivity contribution in [3.63, 3.8) is 0 Å². The Morgan fingerprint density at radius 1 is 0.960 bits per heavy atom. The van der Waals surface area contributed by atoms with E-state index in [1.807, 2.05) is 13.8 Å². The van der Waals surface area contributed by atoms with Gasteiger partial charge in [0, 0.05) is 17.8 Å². The SMILES string of the molecule is CC(C)CC(=O)Nc1ccc(NC(=O)COc2ccccc2Cl)cc1. The molecule has 0 saturated carbocycles. The highest BCUT2D eigenvalue weighted by molar-refractivity contribution is 6.32. The number of rotatable bonds is 7. The number of amides is 2. The normalized spacial score (nSPS) is 10.4. The summed E-state index contributed by atoms with van der Waals surface area (Å²) in [6.45, 7) is 3.84. The van der Waals surface area contributed by atoms with Gasteiger partial charge < -0.3 is 15.4 Å². The van der Waals surface area contributed by atoms with E-state index in [0.717, 1.165) is 0 Å². The molecule has 0 saturated heterocycles. The summed E-state index contributed by atoms with van der Waals surface area (Å²) in [5.41, 5.74) is 1.31. The van der Waals surface area contributed by atoms with Gasteiger partial charge in [-0.2, -0.15) is 0 Å². The van der Waals surface area contributed by atoms with Gasteiger partial charge in [-0.1, -0.05) is 37.6 Å². The molecule has 25 heavy (non-hydrogen) atoms. The Labute approximate surface area is 152 Å². The van der Waals surface area contributed by atoms with Gasteiger partial charge in [0.15, 0.2) is 6.61 Å². The summed E-state index contributed by atoms with van der Waals surface area (Å²) in [6, 6.07) is 13.9. The van der Waals surface area contributed by atoms with Crippen molar-refractivity contribution >= 4 is 34.8 Å². The molecule has 0 aliphatic heterocycles. The van der Waals surface area contributed by atoms with Crippen molar-refractivity contribution in [2.45, 2.75) is 20.3 Å². The van der Waals surface area contributed by atoms with E-state index in [1.54, 1.807) is 48.5 Å². The molecule has 0 aromatic heterocycles. The van der Waals surface area contributed by atoms with Crippen molar-refractivity contribution in [3.05, 3.63) is 53.6 Å². The summed E-state index contributed by atoms with van der Waals surface area (Å²) in [4.78, 5) is 23.7. The monoisotopic (exact) mass is 360 g/mol. The summed E-state index contributed by atoms with van der Waals surface area (Å²) in [5, 5.41) is 6.00. The Bertz CT molecular complexity index is 730. The van der Waals surface area contributed by atoms with E-state index in [0.29, 0.717) is 34.5 Å². The Kier molecular flexibility index (Phi) is 6.83. The van der Waals surface area contributed by atoms with Gasteiger partial charge in [0.1, 0.15) is 5.75 Å². The predicted molar refractivity (Wildman–Crippen MR) is 100 cm³/mol. The first-order valence-electron chi connectivity index (χ1n) is 8.01. The number of hydrogen-bond acceptors (Lipinski definition) is 3. The maximum absolute atomic E-state index is 11.9. The van der Waals surface area contributed by atoms with Gasteiger partial charge in [-0.05, 0) is 42.3 Å². The lowest BCUT2D eigenvalue weighted by Crippen LogP contribution is -2.20. The molecule has 2 rings (SSSR count). The van der Waals surface area contributed by atoms with Gasteiger partial charge in [0.05, 0.1) is 5.02 Å². The van der Waals surface area contributed by atoms with Crippen LogP contribution in [-0.4, -0.2) is 18.4 Å². The van der Waals surface area contributed by atoms with Crippen LogP contribution in [0, 0.1) is 5.92 Å². The van der Waals surface area contributed by atoms with Crippen LogP contribution in [0.2, 0.25) is 5.02 Å². The standard InChI is InChI=1S/C19H21ClN2O3/c1-13(2)11-18(23)21-14-7-9-15(10-8-14)22-19(24)12-25-17-6-4-3-5-16(17)20/h3-10,13H,11-12H2,1-2H3,(H,21,23)(H,22,24). The van der Waals surface area contributed by atoms with Crippen LogP contribution in [0.15, 0.2) is 48.5 Å². The third-order valence-electron chi connectivity index (χ3n) is 3.24. The molecule has 0 spiro atoms. The molecule has 5 nitrogen and oxygen atoms in total. The van der Waals surface area contributed by atoms with Crippen LogP contribution in [0.4, 0.5) is 11.4 Å². The number of carbonyl (C=O) groups is 2. The van der Waals surface area contributed by atoms with Crippen molar-refractivity contribution < 1.29 is 14.3 Å². The number of para-hydroxylation sites is 1. The number of ether oxygens (including phenoxy) is 1. The van der Waals surface area contributed by atoms with Crippen LogP contribution < -0.4 is 15.4 Å². The fourth-order valence-corrected chi connectivity index (χ4v) is 2.31. The highest BCUT2D eigenvalue weighted by Gasteiger charge is 2.07. The zero-order chi connectivity index (χ0) is 18.2. The first kappa shape index (κ1) is 18.8. The molecule has 2 aromatic rings. The maximum atomic E-state index is 11.9. The smallest absolute Gasteiger partial charge is 0.262 e. The fourth-order valence-electron chi connectivity index (χ4n) is 2.12. The molecule has 0 radical (unpaired) electrons. The first-order valence-corrected chi connectivity index (χ1v) is 8.39. The minimum absolute atomic E-state index is 0.0278. The molecule has 0 unspecified atom stereocenters. The molecular weight excluding hydrogens is 340 g/mol. The third-order valence-corrected chi connectivity index (χ3v) is 3.55. The van der Waals surface area contributed by atoms with Crippen LogP contribution >= 0.6 is 11.6 Å². The Morgan fingerprint density at radius 3 is 2.08 bits per heavy atom. The van der Waals surface area contributed by atoms with Crippen LogP contribution in [0.1, 0.15) is 20.3 Å². The van der Waals surface area contributed by atoms with Crippen LogP contribution in [0.25, 0.3) is 0 Å². The van der Waals surface area contributed by atoms with Crippen LogP contribution in [0.5, 0.6) is 5.75 Å². The van der Waals surface area contributed by atoms with Crippen molar-refractivity contribution in [2.75, 3.05) is 17.2 Å². The fraction of sp³-hybridized carbons (Fsp3) is 0.263. The van der Waals surface area contributed by atoms with Gasteiger partial charge in [-0.3, -0.25) is 9.59 Å². The summed E-state index contributed by atoms with van der Waals surface area (Å²) in [6.07, 6.45) is 0.470. The molecule has 0 aliphatic rings. The van der Waals surface area contributed by atoms with Gasteiger partial charge in [-0.25, -0.2) is 0 Å². The number of nitrogens with one attached hydrogen (secondary N) is 2. The van der Waals surface area contributed by atoms with Gasteiger partial charge in [-0.15, -0.1) is 0 Å². The number of benzene rings is 2. The molecule has 0 atom stereocenters. The zero-order valence-corrected chi connectivity index (χ0v) is 15.0. The number of anilines is 2. The molecule has 0 aliphatic carbocycles. The number of hydrogen-bond donors (Lipinski definition) is 2. The lowest BCUT2D eigenvalue weighted by Gasteiger charge is -2.10. The van der Waals surface area contributed by atoms with E-state index < -0.39 is 0 Å². The molecule has 0 bridgehead atoms. The van der Waals surface area contributed by atoms with Gasteiger partial charge in [0.2, 0.25) is 5.91 Å². The van der Waals surface area contributed by atoms with E-state index in [4.69, 9.17) is 16.3 Å². The lowest BCUT2D eigenvalue weighted by molar-refractivity contribution is -0.118. The number of halogens is 1. The molecule has 0 fully saturated rings. The first-order chi connectivity index (χ1) is 11.9. The average Bonchev–Trinajstić information content (AvgIpc) is 2.55. The molecular formula is C19H21ClN2O3. The highest BCUT2D eigenvalue weighted by Crippen LogP contribution is 2.23. The van der Waals surface area contributed by atoms with E-state index >= 15 is 0 Å². The molecule has 2 aromatic carbocycles. The molecule has 2 N–H and O–H groups in total. The Morgan fingerprint density at radius 2 is 1.52 bits per heavy atom. The molecule has 2 amide bonds. The third kappa shape index (κ3) is 6.47. The average molecular weight is 361 g/mol. The quantitative estimate of drug-likeness (QED) is 0.771. The topological polar surface area (TPSA) is 67.4 Å². The minimum atomic E-state index is -0.295. The van der Waals surface area contributed by atoms with E-state index in [2.05, 4.69) is 10.6 Å². The van der Waals surface area contributed by atoms with Crippen LogP contribution in [0.3, 0.4) is 0 Å². The summed E-state index contributed by atoms with van der Waals surface area (Å²) >= 11 is 5.97. The van der Waals surface area contributed by atoms with Gasteiger partial charge >= 0.3 is 0 Å². The zero-order valence-electron chi connectivity index (χ0n) is 14.2. The largest absolute Gasteiger partial charge is 0.482 e. The van der Waals surface area contributed by atoms with Crippen molar-refractivity contribution in [1.29, 1.82) is 0 Å². The molecule has 6 heteroatoms. The van der Waals surface area contributed by atoms with Gasteiger partial charge in [0.25, 0.3) is 5.91 Å². The van der Waals surface area contributed by atoms with Crippen molar-refractivity contribution in [2.24, 2.45) is 5.92 Å². The highest BCUT2D eigenvalue weighted by atomic mass is 35.5. The summed E-state index contributed by atoms with van der Waals surface area (Å²) in [7, 11) is 0. The second-order valence-corrected chi connectivity index (χ2v) is 6.40. The maximum Gasteiger partial charge on any atom is 0.262 e. The molecule has 132 valence electrons. The minimum Gasteiger partial charge on any atom is -0.482 e. The predicted octanol–water partition coefficient (Wildman–Crippen LogP) is 4.34. The number of carbonyl (C=O) groups excluding carboxylic acids is 2. The van der Waals surface area contributed by atoms with Crippen molar-refractivity contribution in [3.8, 4) is 5.75 Å². The lowest BCUT2D eigenvalue weighted by atomic mass is 10.1. The summed E-state index contributed by atoms with van der Waals surface area (Å²) in [5.74, 6) is 0.440. The van der Waals surface area contributed by atoms with Crippen molar-refractivity contribution in [1.82, 2.24) is 0 Å². The Hall–Kier alpha value is -2.53. The summed E-state index contributed by atoms with van der Waals surface area (Å²) < 4.78 is 5.38. The van der Waals surface area contributed by atoms with E-state index in [9.17, 15) is 9.59 Å². The van der Waals surface area contributed by atoms with E-state index in [1.165, 1.54) is 0 Å². The second-order valence-electron chi connectivity index (χ2n) is 5.99. The molecule has 0 heterocycles. The van der Waals surface area contributed by atoms with Crippen LogP contribution in [-0.2, 0) is 9.59 Å². The Balaban J connectivity index is 1.83. The second kappa shape index (κ2) is 9.08.